The number of imidazole rings is 1. The highest BCUT2D eigenvalue weighted by Crippen LogP contribution is 2.23. The Kier molecular flexibility index (Phi) is 3.01. The van der Waals surface area contributed by atoms with Gasteiger partial charge in [-0.05, 0) is 25.5 Å². The highest BCUT2D eigenvalue weighted by atomic mass is 16.3. The van der Waals surface area contributed by atoms with E-state index in [1.807, 2.05) is 24.5 Å². The van der Waals surface area contributed by atoms with Crippen molar-refractivity contribution in [3.05, 3.63) is 47.8 Å². The molecule has 16 heavy (non-hydrogen) atoms. The average Bonchev–Trinajstić information content (AvgIpc) is 2.77. The fourth-order valence-electron chi connectivity index (χ4n) is 1.74. The zero-order valence-electron chi connectivity index (χ0n) is 9.46. The molecular weight excluding hydrogens is 202 g/mol. The Bertz CT molecular complexity index is 479. The molecule has 0 saturated carbocycles. The van der Waals surface area contributed by atoms with Gasteiger partial charge < -0.3 is 9.67 Å². The van der Waals surface area contributed by atoms with Crippen molar-refractivity contribution in [2.24, 2.45) is 0 Å². The molecule has 0 aliphatic carbocycles. The number of aliphatic hydroxyl groups is 1. The van der Waals surface area contributed by atoms with Crippen molar-refractivity contribution in [3.8, 4) is 0 Å². The number of pyridine rings is 1. The summed E-state index contributed by atoms with van der Waals surface area (Å²) in [5, 5.41) is 10.3. The van der Waals surface area contributed by atoms with Crippen LogP contribution in [-0.4, -0.2) is 19.6 Å². The molecule has 84 valence electrons. The third-order valence-electron chi connectivity index (χ3n) is 2.74. The molecule has 0 radical (unpaired) electrons. The van der Waals surface area contributed by atoms with Crippen LogP contribution < -0.4 is 0 Å². The van der Waals surface area contributed by atoms with Crippen molar-refractivity contribution in [3.63, 3.8) is 0 Å². The van der Waals surface area contributed by atoms with Crippen molar-refractivity contribution < 1.29 is 5.11 Å². The summed E-state index contributed by atoms with van der Waals surface area (Å²) >= 11 is 0. The van der Waals surface area contributed by atoms with Crippen molar-refractivity contribution >= 4 is 0 Å². The SMILES string of the molecule is CCn1cncc1C(O)c1cnccc1C. The molecule has 2 aromatic rings. The van der Waals surface area contributed by atoms with Crippen LogP contribution in [0.5, 0.6) is 0 Å². The quantitative estimate of drug-likeness (QED) is 0.851. The lowest BCUT2D eigenvalue weighted by Crippen LogP contribution is -2.08. The summed E-state index contributed by atoms with van der Waals surface area (Å²) in [6.45, 7) is 4.78. The summed E-state index contributed by atoms with van der Waals surface area (Å²) in [6.07, 6.45) is 6.19. The maximum absolute atomic E-state index is 10.3. The van der Waals surface area contributed by atoms with E-state index in [9.17, 15) is 5.11 Å². The fourth-order valence-corrected chi connectivity index (χ4v) is 1.74. The fraction of sp³-hybridized carbons (Fsp3) is 0.333. The number of rotatable bonds is 3. The Morgan fingerprint density at radius 3 is 2.88 bits per heavy atom. The van der Waals surface area contributed by atoms with Gasteiger partial charge in [0.15, 0.2) is 0 Å². The molecule has 0 aromatic carbocycles. The van der Waals surface area contributed by atoms with Crippen LogP contribution in [0.2, 0.25) is 0 Å². The zero-order chi connectivity index (χ0) is 11.5. The molecule has 1 atom stereocenters. The Morgan fingerprint density at radius 2 is 2.19 bits per heavy atom. The van der Waals surface area contributed by atoms with Crippen LogP contribution in [0.3, 0.4) is 0 Å². The zero-order valence-corrected chi connectivity index (χ0v) is 9.46. The highest BCUT2D eigenvalue weighted by molar-refractivity contribution is 5.29. The van der Waals surface area contributed by atoms with Gasteiger partial charge in [0.05, 0.1) is 18.2 Å². The van der Waals surface area contributed by atoms with E-state index in [-0.39, 0.29) is 0 Å². The van der Waals surface area contributed by atoms with Gasteiger partial charge in [0.25, 0.3) is 0 Å². The molecule has 1 N–H and O–H groups in total. The first-order valence-electron chi connectivity index (χ1n) is 5.32. The topological polar surface area (TPSA) is 50.9 Å². The third kappa shape index (κ3) is 1.84. The van der Waals surface area contributed by atoms with Crippen LogP contribution >= 0.6 is 0 Å². The van der Waals surface area contributed by atoms with E-state index in [4.69, 9.17) is 0 Å². The Morgan fingerprint density at radius 1 is 1.38 bits per heavy atom. The van der Waals surface area contributed by atoms with E-state index in [0.717, 1.165) is 23.4 Å². The van der Waals surface area contributed by atoms with Gasteiger partial charge in [-0.25, -0.2) is 4.98 Å². The van der Waals surface area contributed by atoms with Crippen molar-refractivity contribution in [1.82, 2.24) is 14.5 Å². The number of nitrogens with zero attached hydrogens (tertiary/aromatic N) is 3. The number of aryl methyl sites for hydroxylation is 2. The predicted octanol–water partition coefficient (Wildman–Crippen LogP) is 1.69. The maximum atomic E-state index is 10.3. The molecule has 0 aliphatic rings. The minimum absolute atomic E-state index is 0.656. The van der Waals surface area contributed by atoms with Crippen LogP contribution in [0, 0.1) is 6.92 Å². The number of aliphatic hydroxyl groups excluding tert-OH is 1. The summed E-state index contributed by atoms with van der Waals surface area (Å²) in [7, 11) is 0. The molecule has 2 heterocycles. The van der Waals surface area contributed by atoms with Gasteiger partial charge >= 0.3 is 0 Å². The van der Waals surface area contributed by atoms with E-state index < -0.39 is 6.10 Å². The first-order chi connectivity index (χ1) is 7.74. The molecule has 1 unspecified atom stereocenters. The molecule has 0 fully saturated rings. The summed E-state index contributed by atoms with van der Waals surface area (Å²) in [6, 6.07) is 1.89. The van der Waals surface area contributed by atoms with Crippen molar-refractivity contribution in [2.45, 2.75) is 26.5 Å². The van der Waals surface area contributed by atoms with Crippen LogP contribution in [-0.2, 0) is 6.54 Å². The second kappa shape index (κ2) is 4.45. The monoisotopic (exact) mass is 217 g/mol. The summed E-state index contributed by atoms with van der Waals surface area (Å²) in [5.74, 6) is 0. The molecule has 0 spiro atoms. The van der Waals surface area contributed by atoms with Gasteiger partial charge in [0, 0.05) is 24.5 Å². The first-order valence-corrected chi connectivity index (χ1v) is 5.32. The summed E-state index contributed by atoms with van der Waals surface area (Å²) < 4.78 is 1.93. The van der Waals surface area contributed by atoms with Gasteiger partial charge in [-0.15, -0.1) is 0 Å². The second-order valence-electron chi connectivity index (χ2n) is 3.74. The minimum atomic E-state index is -0.656. The molecule has 4 heteroatoms. The molecule has 4 nitrogen and oxygen atoms in total. The second-order valence-corrected chi connectivity index (χ2v) is 3.74. The lowest BCUT2D eigenvalue weighted by atomic mass is 10.0. The van der Waals surface area contributed by atoms with Gasteiger partial charge in [-0.2, -0.15) is 0 Å². The smallest absolute Gasteiger partial charge is 0.122 e. The number of aromatic nitrogens is 3. The molecule has 0 saturated heterocycles. The summed E-state index contributed by atoms with van der Waals surface area (Å²) in [5.41, 5.74) is 2.67. The molecule has 2 aromatic heterocycles. The predicted molar refractivity (Wildman–Crippen MR) is 60.9 cm³/mol. The van der Waals surface area contributed by atoms with E-state index >= 15 is 0 Å². The first kappa shape index (κ1) is 10.8. The van der Waals surface area contributed by atoms with Crippen LogP contribution in [0.25, 0.3) is 0 Å². The standard InChI is InChI=1S/C12H15N3O/c1-3-15-8-14-7-11(15)12(16)10-6-13-5-4-9(10)2/h4-8,12,16H,3H2,1-2H3. The molecule has 0 aliphatic heterocycles. The van der Waals surface area contributed by atoms with Crippen LogP contribution in [0.4, 0.5) is 0 Å². The van der Waals surface area contributed by atoms with E-state index in [2.05, 4.69) is 9.97 Å². The Hall–Kier alpha value is -1.68. The largest absolute Gasteiger partial charge is 0.382 e. The van der Waals surface area contributed by atoms with Crippen LogP contribution in [0.1, 0.15) is 29.8 Å². The van der Waals surface area contributed by atoms with Gasteiger partial charge in [-0.3, -0.25) is 4.98 Å². The number of hydrogen-bond donors (Lipinski definition) is 1. The van der Waals surface area contributed by atoms with Gasteiger partial charge in [-0.1, -0.05) is 0 Å². The minimum Gasteiger partial charge on any atom is -0.382 e. The molecular formula is C12H15N3O. The molecule has 0 bridgehead atoms. The lowest BCUT2D eigenvalue weighted by molar-refractivity contribution is 0.209. The maximum Gasteiger partial charge on any atom is 0.122 e. The van der Waals surface area contributed by atoms with E-state index in [0.29, 0.717) is 0 Å². The highest BCUT2D eigenvalue weighted by Gasteiger charge is 2.16. The average molecular weight is 217 g/mol. The van der Waals surface area contributed by atoms with E-state index in [1.165, 1.54) is 0 Å². The number of hydrogen-bond acceptors (Lipinski definition) is 3. The van der Waals surface area contributed by atoms with Crippen LogP contribution in [0.15, 0.2) is 31.0 Å². The van der Waals surface area contributed by atoms with E-state index in [1.54, 1.807) is 24.9 Å². The molecule has 0 amide bonds. The normalized spacial score (nSPS) is 12.7. The summed E-state index contributed by atoms with van der Waals surface area (Å²) in [4.78, 5) is 8.09. The Labute approximate surface area is 94.6 Å². The van der Waals surface area contributed by atoms with Gasteiger partial charge in [0.2, 0.25) is 0 Å². The molecule has 2 rings (SSSR count). The van der Waals surface area contributed by atoms with Crippen molar-refractivity contribution in [2.75, 3.05) is 0 Å². The third-order valence-corrected chi connectivity index (χ3v) is 2.74. The van der Waals surface area contributed by atoms with Gasteiger partial charge in [0.1, 0.15) is 6.10 Å². The van der Waals surface area contributed by atoms with Crippen molar-refractivity contribution in [1.29, 1.82) is 0 Å². The lowest BCUT2D eigenvalue weighted by Gasteiger charge is -2.14. The Balaban J connectivity index is 2.39.